The van der Waals surface area contributed by atoms with E-state index >= 15 is 0 Å². The van der Waals surface area contributed by atoms with Crippen molar-refractivity contribution in [2.45, 2.75) is 25.4 Å². The summed E-state index contributed by atoms with van der Waals surface area (Å²) in [5.41, 5.74) is 0.590. The molecule has 0 aliphatic carbocycles. The number of sulfone groups is 1. The van der Waals surface area contributed by atoms with Gasteiger partial charge in [-0.25, -0.2) is 8.42 Å². The monoisotopic (exact) mass is 362 g/mol. The largest absolute Gasteiger partial charge is 0.309 e. The number of nitro benzene ring substituents is 1. The average Bonchev–Trinajstić information content (AvgIpc) is 2.35. The molecule has 0 spiro atoms. The van der Waals surface area contributed by atoms with Crippen LogP contribution in [-0.2, 0) is 16.4 Å². The Morgan fingerprint density at radius 1 is 1.45 bits per heavy atom. The molecule has 2 rings (SSSR count). The summed E-state index contributed by atoms with van der Waals surface area (Å²) in [7, 11) is -2.98. The zero-order chi connectivity index (χ0) is 14.8. The van der Waals surface area contributed by atoms with Crippen LogP contribution in [0.2, 0.25) is 0 Å². The second-order valence-corrected chi connectivity index (χ2v) is 8.01. The van der Waals surface area contributed by atoms with Crippen molar-refractivity contribution >= 4 is 31.5 Å². The fraction of sp³-hybridized carbons (Fsp3) is 0.500. The molecule has 6 nitrogen and oxygen atoms in total. The number of halogens is 1. The fourth-order valence-electron chi connectivity index (χ4n) is 2.31. The van der Waals surface area contributed by atoms with E-state index in [1.807, 2.05) is 0 Å². The first-order valence-corrected chi connectivity index (χ1v) is 8.85. The maximum absolute atomic E-state index is 11.5. The van der Waals surface area contributed by atoms with E-state index in [2.05, 4.69) is 21.2 Å². The number of benzene rings is 1. The molecular formula is C12H15BrN2O4S. The Hall–Kier alpha value is -0.990. The minimum Gasteiger partial charge on any atom is -0.309 e. The van der Waals surface area contributed by atoms with Crippen LogP contribution in [0.5, 0.6) is 0 Å². The average molecular weight is 363 g/mol. The van der Waals surface area contributed by atoms with Gasteiger partial charge in [0.1, 0.15) is 0 Å². The third-order valence-electron chi connectivity index (χ3n) is 3.28. The van der Waals surface area contributed by atoms with Crippen LogP contribution in [-0.4, -0.2) is 30.9 Å². The highest BCUT2D eigenvalue weighted by Crippen LogP contribution is 2.23. The van der Waals surface area contributed by atoms with E-state index in [4.69, 9.17) is 0 Å². The number of nitrogens with zero attached hydrogens (tertiary/aromatic N) is 1. The summed E-state index contributed by atoms with van der Waals surface area (Å²) in [5.74, 6) is 0.344. The first-order chi connectivity index (χ1) is 9.37. The molecule has 20 heavy (non-hydrogen) atoms. The molecule has 0 aromatic heterocycles. The van der Waals surface area contributed by atoms with Crippen LogP contribution in [0.4, 0.5) is 5.69 Å². The van der Waals surface area contributed by atoms with Gasteiger partial charge in [-0.05, 0) is 25.0 Å². The van der Waals surface area contributed by atoms with Crippen LogP contribution in [0.1, 0.15) is 18.4 Å². The van der Waals surface area contributed by atoms with Crippen molar-refractivity contribution in [1.29, 1.82) is 0 Å². The number of nitro groups is 1. The van der Waals surface area contributed by atoms with Crippen molar-refractivity contribution in [1.82, 2.24) is 5.32 Å². The lowest BCUT2D eigenvalue weighted by molar-refractivity contribution is -0.385. The summed E-state index contributed by atoms with van der Waals surface area (Å²) in [6.45, 7) is 0.288. The molecule has 1 aliphatic rings. The topological polar surface area (TPSA) is 89.3 Å². The van der Waals surface area contributed by atoms with Gasteiger partial charge >= 0.3 is 0 Å². The van der Waals surface area contributed by atoms with Crippen molar-refractivity contribution in [3.05, 3.63) is 38.3 Å². The summed E-state index contributed by atoms with van der Waals surface area (Å²) in [6.07, 6.45) is 1.42. The smallest absolute Gasteiger partial charge is 0.273 e. The maximum atomic E-state index is 11.5. The lowest BCUT2D eigenvalue weighted by Gasteiger charge is -2.23. The van der Waals surface area contributed by atoms with Crippen molar-refractivity contribution in [2.75, 3.05) is 11.5 Å². The molecule has 0 saturated carbocycles. The van der Waals surface area contributed by atoms with Crippen LogP contribution in [0.25, 0.3) is 0 Å². The minimum atomic E-state index is -2.98. The summed E-state index contributed by atoms with van der Waals surface area (Å²) >= 11 is 3.28. The molecule has 0 amide bonds. The maximum Gasteiger partial charge on any atom is 0.273 e. The lowest BCUT2D eigenvalue weighted by atomic mass is 10.1. The Labute approximate surface area is 125 Å². The Morgan fingerprint density at radius 3 is 2.85 bits per heavy atom. The zero-order valence-electron chi connectivity index (χ0n) is 10.7. The number of rotatable bonds is 4. The van der Waals surface area contributed by atoms with Gasteiger partial charge in [0.05, 0.1) is 16.4 Å². The number of hydrogen-bond donors (Lipinski definition) is 1. The van der Waals surface area contributed by atoms with E-state index in [0.717, 1.165) is 10.9 Å². The molecule has 0 radical (unpaired) electrons. The Kier molecular flexibility index (Phi) is 4.77. The van der Waals surface area contributed by atoms with Crippen LogP contribution in [0.3, 0.4) is 0 Å². The van der Waals surface area contributed by atoms with Gasteiger partial charge in [0, 0.05) is 28.7 Å². The van der Waals surface area contributed by atoms with Gasteiger partial charge in [0.25, 0.3) is 5.69 Å². The van der Waals surface area contributed by atoms with Gasteiger partial charge in [-0.2, -0.15) is 0 Å². The lowest BCUT2D eigenvalue weighted by Crippen LogP contribution is -2.39. The molecule has 1 fully saturated rings. The Balaban J connectivity index is 2.07. The van der Waals surface area contributed by atoms with Crippen molar-refractivity contribution in [2.24, 2.45) is 0 Å². The fourth-order valence-corrected chi connectivity index (χ4v) is 4.39. The molecule has 1 aromatic carbocycles. The molecule has 1 saturated heterocycles. The van der Waals surface area contributed by atoms with Crippen LogP contribution in [0, 0.1) is 10.1 Å². The highest BCUT2D eigenvalue weighted by molar-refractivity contribution is 9.10. The van der Waals surface area contributed by atoms with E-state index in [-0.39, 0.29) is 29.8 Å². The summed E-state index contributed by atoms with van der Waals surface area (Å²) in [4.78, 5) is 10.5. The second kappa shape index (κ2) is 6.19. The molecule has 8 heteroatoms. The molecule has 1 atom stereocenters. The van der Waals surface area contributed by atoms with E-state index < -0.39 is 14.8 Å². The molecule has 1 N–H and O–H groups in total. The normalized spacial score (nSPS) is 21.6. The van der Waals surface area contributed by atoms with Gasteiger partial charge in [-0.1, -0.05) is 15.9 Å². The quantitative estimate of drug-likeness (QED) is 0.653. The highest BCUT2D eigenvalue weighted by atomic mass is 79.9. The Morgan fingerprint density at radius 2 is 2.20 bits per heavy atom. The zero-order valence-corrected chi connectivity index (χ0v) is 13.1. The van der Waals surface area contributed by atoms with E-state index in [1.165, 1.54) is 6.07 Å². The third kappa shape index (κ3) is 4.00. The SMILES string of the molecule is O=[N+]([O-])c1ccc(Br)cc1CNC1CCCS(=O)(=O)C1. The predicted octanol–water partition coefficient (Wildman–Crippen LogP) is 2.02. The minimum absolute atomic E-state index is 0.0411. The van der Waals surface area contributed by atoms with E-state index in [1.54, 1.807) is 12.1 Å². The summed E-state index contributed by atoms with van der Waals surface area (Å²) in [5, 5.41) is 14.1. The van der Waals surface area contributed by atoms with Gasteiger partial charge in [0.15, 0.2) is 9.84 Å². The van der Waals surface area contributed by atoms with Gasteiger partial charge in [-0.3, -0.25) is 10.1 Å². The van der Waals surface area contributed by atoms with Crippen molar-refractivity contribution in [3.8, 4) is 0 Å². The Bertz CT molecular complexity index is 618. The molecular weight excluding hydrogens is 348 g/mol. The van der Waals surface area contributed by atoms with Crippen LogP contribution < -0.4 is 5.32 Å². The van der Waals surface area contributed by atoms with Crippen LogP contribution in [0.15, 0.2) is 22.7 Å². The first-order valence-electron chi connectivity index (χ1n) is 6.24. The van der Waals surface area contributed by atoms with Gasteiger partial charge in [0.2, 0.25) is 0 Å². The van der Waals surface area contributed by atoms with Gasteiger partial charge < -0.3 is 5.32 Å². The molecule has 1 unspecified atom stereocenters. The number of nitrogens with one attached hydrogen (secondary N) is 1. The number of hydrogen-bond acceptors (Lipinski definition) is 5. The van der Waals surface area contributed by atoms with E-state index in [0.29, 0.717) is 12.0 Å². The highest BCUT2D eigenvalue weighted by Gasteiger charge is 2.25. The summed E-state index contributed by atoms with van der Waals surface area (Å²) < 4.78 is 23.9. The predicted molar refractivity (Wildman–Crippen MR) is 79.3 cm³/mol. The molecule has 0 bridgehead atoms. The summed E-state index contributed by atoms with van der Waals surface area (Å²) in [6, 6.07) is 4.61. The molecule has 1 aromatic rings. The molecule has 1 heterocycles. The van der Waals surface area contributed by atoms with Crippen molar-refractivity contribution in [3.63, 3.8) is 0 Å². The second-order valence-electron chi connectivity index (χ2n) is 4.86. The van der Waals surface area contributed by atoms with Gasteiger partial charge in [-0.15, -0.1) is 0 Å². The molecule has 110 valence electrons. The third-order valence-corrected chi connectivity index (χ3v) is 5.60. The van der Waals surface area contributed by atoms with E-state index in [9.17, 15) is 18.5 Å². The van der Waals surface area contributed by atoms with Crippen LogP contribution >= 0.6 is 15.9 Å². The molecule has 1 aliphatic heterocycles. The first kappa shape index (κ1) is 15.4. The van der Waals surface area contributed by atoms with Crippen molar-refractivity contribution < 1.29 is 13.3 Å². The standard InChI is InChI=1S/C12H15BrN2O4S/c13-10-3-4-12(15(16)17)9(6-10)7-14-11-2-1-5-20(18,19)8-11/h3-4,6,11,14H,1-2,5,7-8H2.